The number of carbonyl (C=O) groups is 1. The van der Waals surface area contributed by atoms with Crippen LogP contribution in [0.5, 0.6) is 0 Å². The molecule has 1 aromatic rings. The van der Waals surface area contributed by atoms with Gasteiger partial charge in [-0.1, -0.05) is 26.3 Å². The summed E-state index contributed by atoms with van der Waals surface area (Å²) in [5.74, 6) is 0.590. The summed E-state index contributed by atoms with van der Waals surface area (Å²) in [7, 11) is 0. The Labute approximate surface area is 91.7 Å². The topological polar surface area (TPSA) is 30.0 Å². The van der Waals surface area contributed by atoms with Crippen molar-refractivity contribution in [3.8, 4) is 0 Å². The van der Waals surface area contributed by atoms with E-state index in [1.807, 2.05) is 25.3 Å². The summed E-state index contributed by atoms with van der Waals surface area (Å²) in [6.45, 7) is 4.14. The second kappa shape index (κ2) is 6.33. The molecule has 0 saturated carbocycles. The summed E-state index contributed by atoms with van der Waals surface area (Å²) in [4.78, 5) is 15.7. The SMILES string of the molecule is CCCC(C)C(=O)CCc1cccnc1. The Kier molecular flexibility index (Phi) is 5.02. The minimum absolute atomic E-state index is 0.215. The Hall–Kier alpha value is -1.18. The van der Waals surface area contributed by atoms with E-state index in [9.17, 15) is 4.79 Å². The number of carbonyl (C=O) groups excluding carboxylic acids is 1. The zero-order valence-electron chi connectivity index (χ0n) is 9.57. The third-order valence-electron chi connectivity index (χ3n) is 2.65. The smallest absolute Gasteiger partial charge is 0.136 e. The van der Waals surface area contributed by atoms with Gasteiger partial charge in [0.25, 0.3) is 0 Å². The van der Waals surface area contributed by atoms with E-state index in [1.165, 1.54) is 0 Å². The lowest BCUT2D eigenvalue weighted by molar-refractivity contribution is -0.122. The van der Waals surface area contributed by atoms with E-state index in [2.05, 4.69) is 11.9 Å². The maximum atomic E-state index is 11.7. The third kappa shape index (κ3) is 4.24. The molecule has 0 aromatic carbocycles. The van der Waals surface area contributed by atoms with Crippen LogP contribution in [0.2, 0.25) is 0 Å². The second-order valence-corrected chi connectivity index (χ2v) is 4.02. The van der Waals surface area contributed by atoms with Gasteiger partial charge in [-0.25, -0.2) is 0 Å². The van der Waals surface area contributed by atoms with E-state index in [1.54, 1.807) is 6.20 Å². The van der Waals surface area contributed by atoms with Crippen molar-refractivity contribution in [1.29, 1.82) is 0 Å². The minimum atomic E-state index is 0.215. The minimum Gasteiger partial charge on any atom is -0.299 e. The van der Waals surface area contributed by atoms with Gasteiger partial charge in [0.1, 0.15) is 5.78 Å². The summed E-state index contributed by atoms with van der Waals surface area (Å²) in [6.07, 6.45) is 7.14. The number of aromatic nitrogens is 1. The van der Waals surface area contributed by atoms with Crippen molar-refractivity contribution in [1.82, 2.24) is 4.98 Å². The monoisotopic (exact) mass is 205 g/mol. The van der Waals surface area contributed by atoms with Crippen LogP contribution in [0.3, 0.4) is 0 Å². The molecular weight excluding hydrogens is 186 g/mol. The Morgan fingerprint density at radius 2 is 2.33 bits per heavy atom. The molecular formula is C13H19NO. The van der Waals surface area contributed by atoms with Crippen LogP contribution < -0.4 is 0 Å². The molecule has 82 valence electrons. The number of hydrogen-bond acceptors (Lipinski definition) is 2. The molecule has 2 heteroatoms. The van der Waals surface area contributed by atoms with E-state index in [0.29, 0.717) is 12.2 Å². The molecule has 0 N–H and O–H groups in total. The van der Waals surface area contributed by atoms with Crippen LogP contribution in [0.1, 0.15) is 38.7 Å². The molecule has 0 aliphatic heterocycles. The quantitative estimate of drug-likeness (QED) is 0.714. The first-order valence-electron chi connectivity index (χ1n) is 5.65. The summed E-state index contributed by atoms with van der Waals surface area (Å²) in [5, 5.41) is 0. The van der Waals surface area contributed by atoms with Crippen molar-refractivity contribution in [3.05, 3.63) is 30.1 Å². The average molecular weight is 205 g/mol. The first kappa shape index (κ1) is 11.9. The maximum Gasteiger partial charge on any atom is 0.136 e. The van der Waals surface area contributed by atoms with Crippen LogP contribution in [0.4, 0.5) is 0 Å². The lowest BCUT2D eigenvalue weighted by atomic mass is 9.96. The molecule has 1 atom stereocenters. The van der Waals surface area contributed by atoms with Gasteiger partial charge in [0, 0.05) is 24.7 Å². The molecule has 0 fully saturated rings. The number of rotatable bonds is 6. The Balaban J connectivity index is 2.34. The van der Waals surface area contributed by atoms with Gasteiger partial charge >= 0.3 is 0 Å². The van der Waals surface area contributed by atoms with Crippen LogP contribution in [0.25, 0.3) is 0 Å². The standard InChI is InChI=1S/C13H19NO/c1-3-5-11(2)13(15)8-7-12-6-4-9-14-10-12/h4,6,9-11H,3,5,7-8H2,1-2H3. The second-order valence-electron chi connectivity index (χ2n) is 4.02. The lowest BCUT2D eigenvalue weighted by Gasteiger charge is -2.08. The van der Waals surface area contributed by atoms with Gasteiger partial charge in [-0.3, -0.25) is 9.78 Å². The average Bonchev–Trinajstić information content (AvgIpc) is 2.27. The van der Waals surface area contributed by atoms with Gasteiger partial charge < -0.3 is 0 Å². The van der Waals surface area contributed by atoms with E-state index in [0.717, 1.165) is 24.8 Å². The summed E-state index contributed by atoms with van der Waals surface area (Å²) in [5.41, 5.74) is 1.15. The van der Waals surface area contributed by atoms with Gasteiger partial charge in [0.15, 0.2) is 0 Å². The van der Waals surface area contributed by atoms with Crippen LogP contribution in [0.15, 0.2) is 24.5 Å². The number of ketones is 1. The zero-order chi connectivity index (χ0) is 11.1. The molecule has 0 radical (unpaired) electrons. The summed E-state index contributed by atoms with van der Waals surface area (Å²) < 4.78 is 0. The lowest BCUT2D eigenvalue weighted by Crippen LogP contribution is -2.11. The van der Waals surface area contributed by atoms with E-state index in [4.69, 9.17) is 0 Å². The molecule has 0 spiro atoms. The molecule has 1 heterocycles. The van der Waals surface area contributed by atoms with E-state index < -0.39 is 0 Å². The van der Waals surface area contributed by atoms with Crippen molar-refractivity contribution < 1.29 is 4.79 Å². The molecule has 0 saturated heterocycles. The predicted molar refractivity (Wildman–Crippen MR) is 61.6 cm³/mol. The molecule has 1 rings (SSSR count). The first-order valence-corrected chi connectivity index (χ1v) is 5.65. The highest BCUT2D eigenvalue weighted by atomic mass is 16.1. The van der Waals surface area contributed by atoms with Gasteiger partial charge in [-0.15, -0.1) is 0 Å². The molecule has 2 nitrogen and oxygen atoms in total. The van der Waals surface area contributed by atoms with Gasteiger partial charge in [-0.2, -0.15) is 0 Å². The Morgan fingerprint density at radius 1 is 1.53 bits per heavy atom. The maximum absolute atomic E-state index is 11.7. The third-order valence-corrected chi connectivity index (χ3v) is 2.65. The Morgan fingerprint density at radius 3 is 2.93 bits per heavy atom. The van der Waals surface area contributed by atoms with Gasteiger partial charge in [0.2, 0.25) is 0 Å². The Bertz CT molecular complexity index is 295. The van der Waals surface area contributed by atoms with Gasteiger partial charge in [-0.05, 0) is 24.5 Å². The molecule has 0 amide bonds. The molecule has 1 unspecified atom stereocenters. The number of hydrogen-bond donors (Lipinski definition) is 0. The highest BCUT2D eigenvalue weighted by Gasteiger charge is 2.11. The molecule has 0 bridgehead atoms. The highest BCUT2D eigenvalue weighted by molar-refractivity contribution is 5.80. The van der Waals surface area contributed by atoms with Crippen LogP contribution in [-0.2, 0) is 11.2 Å². The molecule has 0 aliphatic carbocycles. The summed E-state index contributed by atoms with van der Waals surface area (Å²) in [6, 6.07) is 3.93. The van der Waals surface area contributed by atoms with Crippen LogP contribution >= 0.6 is 0 Å². The highest BCUT2D eigenvalue weighted by Crippen LogP contribution is 2.11. The van der Waals surface area contributed by atoms with E-state index >= 15 is 0 Å². The van der Waals surface area contributed by atoms with Crippen LogP contribution in [-0.4, -0.2) is 10.8 Å². The molecule has 0 aliphatic rings. The number of nitrogens with zero attached hydrogens (tertiary/aromatic N) is 1. The first-order chi connectivity index (χ1) is 7.24. The summed E-state index contributed by atoms with van der Waals surface area (Å²) >= 11 is 0. The van der Waals surface area contributed by atoms with Crippen molar-refractivity contribution in [2.75, 3.05) is 0 Å². The molecule has 15 heavy (non-hydrogen) atoms. The van der Waals surface area contributed by atoms with Crippen molar-refractivity contribution in [2.24, 2.45) is 5.92 Å². The number of Topliss-reactive ketones (excluding diaryl/α,β-unsaturated/α-hetero) is 1. The largest absolute Gasteiger partial charge is 0.299 e. The normalized spacial score (nSPS) is 12.4. The number of aryl methyl sites for hydroxylation is 1. The number of pyridine rings is 1. The van der Waals surface area contributed by atoms with Crippen molar-refractivity contribution in [3.63, 3.8) is 0 Å². The van der Waals surface area contributed by atoms with Crippen molar-refractivity contribution in [2.45, 2.75) is 39.5 Å². The van der Waals surface area contributed by atoms with Crippen molar-refractivity contribution >= 4 is 5.78 Å². The molecule has 1 aromatic heterocycles. The fraction of sp³-hybridized carbons (Fsp3) is 0.538. The zero-order valence-corrected chi connectivity index (χ0v) is 9.57. The predicted octanol–water partition coefficient (Wildman–Crippen LogP) is 3.02. The van der Waals surface area contributed by atoms with Crippen LogP contribution in [0, 0.1) is 5.92 Å². The fourth-order valence-electron chi connectivity index (χ4n) is 1.65. The van der Waals surface area contributed by atoms with E-state index in [-0.39, 0.29) is 5.92 Å². The van der Waals surface area contributed by atoms with Gasteiger partial charge in [0.05, 0.1) is 0 Å². The fourth-order valence-corrected chi connectivity index (χ4v) is 1.65.